The average molecular weight is 434 g/mol. The van der Waals surface area contributed by atoms with Crippen molar-refractivity contribution in [3.63, 3.8) is 0 Å². The van der Waals surface area contributed by atoms with Gasteiger partial charge in [0, 0.05) is 27.5 Å². The fraction of sp³-hybridized carbons (Fsp3) is 0.0833. The monoisotopic (exact) mass is 433 g/mol. The van der Waals surface area contributed by atoms with E-state index in [0.717, 1.165) is 45.4 Å². The van der Waals surface area contributed by atoms with Crippen LogP contribution >= 0.6 is 23.4 Å². The number of halogens is 1. The van der Waals surface area contributed by atoms with Crippen molar-refractivity contribution in [1.82, 2.24) is 9.97 Å². The van der Waals surface area contributed by atoms with Crippen LogP contribution in [0.25, 0.3) is 22.5 Å². The van der Waals surface area contributed by atoms with Crippen molar-refractivity contribution in [3.05, 3.63) is 95.0 Å². The first-order valence-electron chi connectivity index (χ1n) is 9.53. The van der Waals surface area contributed by atoms with Gasteiger partial charge in [0.1, 0.15) is 0 Å². The van der Waals surface area contributed by atoms with Crippen LogP contribution in [0.3, 0.4) is 0 Å². The van der Waals surface area contributed by atoms with Crippen LogP contribution in [0, 0.1) is 0 Å². The second kappa shape index (κ2) is 9.20. The maximum atomic E-state index is 11.6. The highest BCUT2D eigenvalue weighted by Gasteiger charge is 2.15. The highest BCUT2D eigenvalue weighted by molar-refractivity contribution is 7.99. The summed E-state index contributed by atoms with van der Waals surface area (Å²) in [7, 11) is 0. The SMILES string of the molecule is NC(=O)c1ccccc1CCSc1nc(-c2ccc(Cl)cc2)c(-c2ccccc2)[nH]1. The van der Waals surface area contributed by atoms with E-state index in [0.29, 0.717) is 10.6 Å². The molecule has 0 aliphatic heterocycles. The zero-order chi connectivity index (χ0) is 20.9. The van der Waals surface area contributed by atoms with E-state index in [9.17, 15) is 4.79 Å². The predicted octanol–water partition coefficient (Wildman–Crippen LogP) is 5.83. The number of nitrogens with two attached hydrogens (primary N) is 1. The Kier molecular flexibility index (Phi) is 6.21. The minimum Gasteiger partial charge on any atom is -0.366 e. The van der Waals surface area contributed by atoms with Crippen molar-refractivity contribution in [2.24, 2.45) is 5.73 Å². The molecule has 0 spiro atoms. The van der Waals surface area contributed by atoms with E-state index in [4.69, 9.17) is 22.3 Å². The molecule has 0 radical (unpaired) electrons. The van der Waals surface area contributed by atoms with Gasteiger partial charge in [-0.05, 0) is 30.2 Å². The molecule has 0 saturated carbocycles. The zero-order valence-electron chi connectivity index (χ0n) is 16.1. The van der Waals surface area contributed by atoms with Crippen LogP contribution in [-0.4, -0.2) is 21.6 Å². The Labute approximate surface area is 184 Å². The quantitative estimate of drug-likeness (QED) is 0.360. The van der Waals surface area contributed by atoms with Crippen molar-refractivity contribution < 1.29 is 4.79 Å². The van der Waals surface area contributed by atoms with E-state index >= 15 is 0 Å². The molecule has 1 amide bonds. The standard InChI is InChI=1S/C24H20ClN3OS/c25-19-12-10-18(11-13-19)22-21(17-7-2-1-3-8-17)27-24(28-22)30-15-14-16-6-4-5-9-20(16)23(26)29/h1-13H,14-15H2,(H2,26,29)(H,27,28). The maximum Gasteiger partial charge on any atom is 0.248 e. The van der Waals surface area contributed by atoms with E-state index in [2.05, 4.69) is 17.1 Å². The summed E-state index contributed by atoms with van der Waals surface area (Å²) in [6.07, 6.45) is 0.724. The molecule has 0 unspecified atom stereocenters. The van der Waals surface area contributed by atoms with Gasteiger partial charge in [0.15, 0.2) is 5.16 Å². The molecule has 4 aromatic rings. The van der Waals surface area contributed by atoms with Crippen LogP contribution < -0.4 is 5.73 Å². The van der Waals surface area contributed by atoms with E-state index in [1.807, 2.05) is 60.7 Å². The number of H-pyrrole nitrogens is 1. The number of carbonyl (C=O) groups is 1. The van der Waals surface area contributed by atoms with Gasteiger partial charge < -0.3 is 10.7 Å². The Morgan fingerprint density at radius 1 is 0.933 bits per heavy atom. The lowest BCUT2D eigenvalue weighted by Gasteiger charge is -2.05. The number of nitrogens with zero attached hydrogens (tertiary/aromatic N) is 1. The summed E-state index contributed by atoms with van der Waals surface area (Å²) in [5.41, 5.74) is 10.9. The lowest BCUT2D eigenvalue weighted by Crippen LogP contribution is -2.13. The van der Waals surface area contributed by atoms with Crippen LogP contribution in [0.1, 0.15) is 15.9 Å². The minimum atomic E-state index is -0.398. The van der Waals surface area contributed by atoms with Crippen molar-refractivity contribution >= 4 is 29.3 Å². The second-order valence-electron chi connectivity index (χ2n) is 6.76. The van der Waals surface area contributed by atoms with Gasteiger partial charge in [0.25, 0.3) is 0 Å². The highest BCUT2D eigenvalue weighted by Crippen LogP contribution is 2.33. The maximum absolute atomic E-state index is 11.6. The lowest BCUT2D eigenvalue weighted by atomic mass is 10.1. The Balaban J connectivity index is 1.59. The molecule has 0 aliphatic carbocycles. The van der Waals surface area contributed by atoms with Gasteiger partial charge in [-0.25, -0.2) is 4.98 Å². The molecule has 6 heteroatoms. The summed E-state index contributed by atoms with van der Waals surface area (Å²) in [6.45, 7) is 0. The van der Waals surface area contributed by atoms with Crippen LogP contribution in [0.4, 0.5) is 0 Å². The molecule has 4 rings (SSSR count). The number of thioether (sulfide) groups is 1. The summed E-state index contributed by atoms with van der Waals surface area (Å²) in [5.74, 6) is 0.372. The molecular weight excluding hydrogens is 414 g/mol. The largest absolute Gasteiger partial charge is 0.366 e. The topological polar surface area (TPSA) is 71.8 Å². The number of hydrogen-bond acceptors (Lipinski definition) is 3. The van der Waals surface area contributed by atoms with Crippen LogP contribution in [0.15, 0.2) is 84.0 Å². The summed E-state index contributed by atoms with van der Waals surface area (Å²) in [4.78, 5) is 19.9. The number of primary amides is 1. The molecule has 0 atom stereocenters. The second-order valence-corrected chi connectivity index (χ2v) is 8.28. The first kappa shape index (κ1) is 20.3. The Bertz CT molecular complexity index is 1160. The minimum absolute atomic E-state index is 0.398. The van der Waals surface area contributed by atoms with Crippen molar-refractivity contribution in [2.75, 3.05) is 5.75 Å². The van der Waals surface area contributed by atoms with Gasteiger partial charge in [-0.3, -0.25) is 4.79 Å². The summed E-state index contributed by atoms with van der Waals surface area (Å²) < 4.78 is 0. The van der Waals surface area contributed by atoms with Gasteiger partial charge in [0.2, 0.25) is 5.91 Å². The Morgan fingerprint density at radius 3 is 2.37 bits per heavy atom. The third kappa shape index (κ3) is 4.58. The number of aryl methyl sites for hydroxylation is 1. The molecule has 150 valence electrons. The average Bonchev–Trinajstić information content (AvgIpc) is 3.19. The lowest BCUT2D eigenvalue weighted by molar-refractivity contribution is 0.0999. The summed E-state index contributed by atoms with van der Waals surface area (Å²) in [6, 6.07) is 25.3. The number of nitrogens with one attached hydrogen (secondary N) is 1. The first-order chi connectivity index (χ1) is 14.6. The molecule has 0 aliphatic rings. The number of rotatable bonds is 7. The number of hydrogen-bond donors (Lipinski definition) is 2. The zero-order valence-corrected chi connectivity index (χ0v) is 17.7. The van der Waals surface area contributed by atoms with Crippen molar-refractivity contribution in [2.45, 2.75) is 11.6 Å². The van der Waals surface area contributed by atoms with E-state index in [-0.39, 0.29) is 0 Å². The van der Waals surface area contributed by atoms with Crippen LogP contribution in [0.2, 0.25) is 5.02 Å². The van der Waals surface area contributed by atoms with Gasteiger partial charge in [0.05, 0.1) is 11.4 Å². The number of aromatic amines is 1. The van der Waals surface area contributed by atoms with E-state index in [1.54, 1.807) is 17.8 Å². The van der Waals surface area contributed by atoms with E-state index < -0.39 is 5.91 Å². The van der Waals surface area contributed by atoms with E-state index in [1.165, 1.54) is 0 Å². The number of imidazole rings is 1. The molecule has 0 saturated heterocycles. The molecule has 3 aromatic carbocycles. The fourth-order valence-electron chi connectivity index (χ4n) is 3.29. The highest BCUT2D eigenvalue weighted by atomic mass is 35.5. The molecule has 3 N–H and O–H groups in total. The number of aromatic nitrogens is 2. The molecule has 0 fully saturated rings. The Hall–Kier alpha value is -3.02. The predicted molar refractivity (Wildman–Crippen MR) is 124 cm³/mol. The molecule has 0 bridgehead atoms. The van der Waals surface area contributed by atoms with Crippen LogP contribution in [-0.2, 0) is 6.42 Å². The van der Waals surface area contributed by atoms with Gasteiger partial charge >= 0.3 is 0 Å². The Morgan fingerprint density at radius 2 is 1.63 bits per heavy atom. The smallest absolute Gasteiger partial charge is 0.248 e. The van der Waals surface area contributed by atoms with Gasteiger partial charge in [-0.1, -0.05) is 84.0 Å². The number of amides is 1. The fourth-order valence-corrected chi connectivity index (χ4v) is 4.26. The molecule has 4 nitrogen and oxygen atoms in total. The van der Waals surface area contributed by atoms with Crippen molar-refractivity contribution in [1.29, 1.82) is 0 Å². The van der Waals surface area contributed by atoms with Gasteiger partial charge in [-0.2, -0.15) is 0 Å². The van der Waals surface area contributed by atoms with Crippen molar-refractivity contribution in [3.8, 4) is 22.5 Å². The molecule has 1 heterocycles. The van der Waals surface area contributed by atoms with Gasteiger partial charge in [-0.15, -0.1) is 0 Å². The normalized spacial score (nSPS) is 10.8. The molecular formula is C24H20ClN3OS. The molecule has 1 aromatic heterocycles. The van der Waals surface area contributed by atoms with Crippen LogP contribution in [0.5, 0.6) is 0 Å². The third-order valence-corrected chi connectivity index (χ3v) is 5.88. The first-order valence-corrected chi connectivity index (χ1v) is 10.9. The summed E-state index contributed by atoms with van der Waals surface area (Å²) in [5, 5.41) is 1.52. The third-order valence-electron chi connectivity index (χ3n) is 4.76. The number of carbonyl (C=O) groups excluding carboxylic acids is 1. The summed E-state index contributed by atoms with van der Waals surface area (Å²) >= 11 is 7.68. The molecule has 30 heavy (non-hydrogen) atoms. The number of benzene rings is 3.